The molecule has 0 saturated carbocycles. The largest absolute Gasteiger partial charge is 0.442 e. The van der Waals surface area contributed by atoms with Crippen LogP contribution in [0.5, 0.6) is 0 Å². The minimum atomic E-state index is -0.558. The van der Waals surface area contributed by atoms with E-state index in [0.29, 0.717) is 26.1 Å². The van der Waals surface area contributed by atoms with Gasteiger partial charge in [0.25, 0.3) is 0 Å². The molecule has 0 aromatic rings. The summed E-state index contributed by atoms with van der Waals surface area (Å²) < 4.78 is 5.20. The standard InChI is InChI=1S/C10H19N3O3/c1-10(2,3)16-9(15)13-6-4-8(14)12(13)7-5-11/h4-7,11H2,1-3H3. The van der Waals surface area contributed by atoms with Crippen molar-refractivity contribution in [3.05, 3.63) is 0 Å². The van der Waals surface area contributed by atoms with Gasteiger partial charge in [0.15, 0.2) is 0 Å². The Morgan fingerprint density at radius 3 is 2.62 bits per heavy atom. The SMILES string of the molecule is CC(C)(C)OC(=O)N1CCC(=O)N1CCN. The van der Waals surface area contributed by atoms with E-state index in [1.165, 1.54) is 10.0 Å². The topological polar surface area (TPSA) is 75.9 Å². The Kier molecular flexibility index (Phi) is 3.74. The highest BCUT2D eigenvalue weighted by Crippen LogP contribution is 2.16. The average Bonchev–Trinajstić information content (AvgIpc) is 2.46. The van der Waals surface area contributed by atoms with Gasteiger partial charge < -0.3 is 10.5 Å². The fourth-order valence-corrected chi connectivity index (χ4v) is 1.46. The lowest BCUT2D eigenvalue weighted by atomic mass is 10.2. The van der Waals surface area contributed by atoms with Crippen molar-refractivity contribution in [2.45, 2.75) is 32.8 Å². The van der Waals surface area contributed by atoms with Gasteiger partial charge in [-0.1, -0.05) is 0 Å². The van der Waals surface area contributed by atoms with Gasteiger partial charge in [-0.15, -0.1) is 0 Å². The second-order valence-electron chi connectivity index (χ2n) is 4.66. The highest BCUT2D eigenvalue weighted by molar-refractivity contribution is 5.82. The van der Waals surface area contributed by atoms with Crippen LogP contribution < -0.4 is 5.73 Å². The van der Waals surface area contributed by atoms with Crippen LogP contribution in [0.1, 0.15) is 27.2 Å². The molecule has 0 bridgehead atoms. The molecule has 0 atom stereocenters. The Bertz CT molecular complexity index is 286. The maximum absolute atomic E-state index is 11.8. The fraction of sp³-hybridized carbons (Fsp3) is 0.800. The summed E-state index contributed by atoms with van der Waals surface area (Å²) in [5.41, 5.74) is 4.83. The Labute approximate surface area is 95.3 Å². The molecule has 1 fully saturated rings. The molecule has 0 aromatic carbocycles. The van der Waals surface area contributed by atoms with Gasteiger partial charge in [-0.2, -0.15) is 0 Å². The highest BCUT2D eigenvalue weighted by atomic mass is 16.6. The molecule has 0 radical (unpaired) electrons. The molecule has 1 aliphatic rings. The maximum Gasteiger partial charge on any atom is 0.429 e. The average molecular weight is 229 g/mol. The molecule has 0 spiro atoms. The third kappa shape index (κ3) is 3.10. The third-order valence-corrected chi connectivity index (χ3v) is 2.06. The van der Waals surface area contributed by atoms with Crippen LogP contribution in [0.3, 0.4) is 0 Å². The molecule has 0 aliphatic carbocycles. The highest BCUT2D eigenvalue weighted by Gasteiger charge is 2.34. The molecule has 92 valence electrons. The molecule has 1 saturated heterocycles. The van der Waals surface area contributed by atoms with Crippen molar-refractivity contribution in [2.75, 3.05) is 19.6 Å². The quantitative estimate of drug-likeness (QED) is 0.740. The number of ether oxygens (including phenoxy) is 1. The molecule has 0 aromatic heterocycles. The molecule has 0 unspecified atom stereocenters. The molecule has 1 heterocycles. The maximum atomic E-state index is 11.8. The Balaban J connectivity index is 2.65. The van der Waals surface area contributed by atoms with Crippen molar-refractivity contribution in [1.82, 2.24) is 10.0 Å². The van der Waals surface area contributed by atoms with E-state index < -0.39 is 11.7 Å². The van der Waals surface area contributed by atoms with Crippen molar-refractivity contribution < 1.29 is 14.3 Å². The first-order chi connectivity index (χ1) is 7.35. The predicted molar refractivity (Wildman–Crippen MR) is 58.3 cm³/mol. The first-order valence-corrected chi connectivity index (χ1v) is 5.36. The van der Waals surface area contributed by atoms with Crippen LogP contribution in [0.2, 0.25) is 0 Å². The minimum absolute atomic E-state index is 0.0868. The molecule has 16 heavy (non-hydrogen) atoms. The van der Waals surface area contributed by atoms with E-state index in [2.05, 4.69) is 0 Å². The van der Waals surface area contributed by atoms with E-state index in [-0.39, 0.29) is 5.91 Å². The number of carbonyl (C=O) groups is 2. The van der Waals surface area contributed by atoms with Gasteiger partial charge in [-0.25, -0.2) is 14.8 Å². The van der Waals surface area contributed by atoms with Gasteiger partial charge in [0.2, 0.25) is 5.91 Å². The number of rotatable bonds is 2. The zero-order valence-electron chi connectivity index (χ0n) is 10.0. The monoisotopic (exact) mass is 229 g/mol. The van der Waals surface area contributed by atoms with E-state index in [1.54, 1.807) is 20.8 Å². The molecule has 6 heteroatoms. The molecule has 1 rings (SSSR count). The van der Waals surface area contributed by atoms with Crippen LogP contribution in [0, 0.1) is 0 Å². The van der Waals surface area contributed by atoms with Gasteiger partial charge >= 0.3 is 6.09 Å². The summed E-state index contributed by atoms with van der Waals surface area (Å²) in [6, 6.07) is 0. The summed E-state index contributed by atoms with van der Waals surface area (Å²) in [5.74, 6) is -0.0868. The number of hydrazine groups is 1. The van der Waals surface area contributed by atoms with E-state index in [1.807, 2.05) is 0 Å². The summed E-state index contributed by atoms with van der Waals surface area (Å²) in [6.07, 6.45) is -0.161. The van der Waals surface area contributed by atoms with Crippen LogP contribution in [0.15, 0.2) is 0 Å². The summed E-state index contributed by atoms with van der Waals surface area (Å²) in [5, 5.41) is 2.68. The van der Waals surface area contributed by atoms with E-state index in [9.17, 15) is 9.59 Å². The number of carbonyl (C=O) groups excluding carboxylic acids is 2. The van der Waals surface area contributed by atoms with Crippen molar-refractivity contribution in [2.24, 2.45) is 5.73 Å². The first kappa shape index (κ1) is 12.8. The van der Waals surface area contributed by atoms with Gasteiger partial charge in [0.05, 0.1) is 13.1 Å². The Morgan fingerprint density at radius 2 is 2.12 bits per heavy atom. The summed E-state index contributed by atoms with van der Waals surface area (Å²) >= 11 is 0. The van der Waals surface area contributed by atoms with Crippen LogP contribution >= 0.6 is 0 Å². The van der Waals surface area contributed by atoms with Gasteiger partial charge in [0, 0.05) is 13.0 Å². The first-order valence-electron chi connectivity index (χ1n) is 5.36. The van der Waals surface area contributed by atoms with Crippen molar-refractivity contribution in [1.29, 1.82) is 0 Å². The van der Waals surface area contributed by atoms with Crippen LogP contribution in [-0.2, 0) is 9.53 Å². The van der Waals surface area contributed by atoms with Crippen LogP contribution in [0.4, 0.5) is 4.79 Å². The molecule has 6 nitrogen and oxygen atoms in total. The van der Waals surface area contributed by atoms with Crippen molar-refractivity contribution in [3.8, 4) is 0 Å². The van der Waals surface area contributed by atoms with Crippen molar-refractivity contribution in [3.63, 3.8) is 0 Å². The van der Waals surface area contributed by atoms with Gasteiger partial charge in [0.1, 0.15) is 5.60 Å². The fourth-order valence-electron chi connectivity index (χ4n) is 1.46. The van der Waals surface area contributed by atoms with Crippen LogP contribution in [-0.4, -0.2) is 47.3 Å². The number of hydrogen-bond donors (Lipinski definition) is 1. The van der Waals surface area contributed by atoms with Crippen LogP contribution in [0.25, 0.3) is 0 Å². The third-order valence-electron chi connectivity index (χ3n) is 2.06. The zero-order chi connectivity index (χ0) is 12.3. The smallest absolute Gasteiger partial charge is 0.429 e. The zero-order valence-corrected chi connectivity index (χ0v) is 10.0. The van der Waals surface area contributed by atoms with E-state index in [0.717, 1.165) is 0 Å². The van der Waals surface area contributed by atoms with E-state index >= 15 is 0 Å². The Hall–Kier alpha value is -1.30. The number of hydrogen-bond acceptors (Lipinski definition) is 4. The molecular formula is C10H19N3O3. The molecule has 2 amide bonds. The predicted octanol–water partition coefficient (Wildman–Crippen LogP) is 0.330. The van der Waals surface area contributed by atoms with E-state index in [4.69, 9.17) is 10.5 Å². The number of nitrogens with two attached hydrogens (primary N) is 1. The minimum Gasteiger partial charge on any atom is -0.442 e. The second kappa shape index (κ2) is 4.69. The summed E-state index contributed by atoms with van der Waals surface area (Å²) in [7, 11) is 0. The molecule has 2 N–H and O–H groups in total. The number of nitrogens with zero attached hydrogens (tertiary/aromatic N) is 2. The van der Waals surface area contributed by atoms with Gasteiger partial charge in [-0.05, 0) is 20.8 Å². The lowest BCUT2D eigenvalue weighted by molar-refractivity contribution is -0.137. The normalized spacial score (nSPS) is 16.9. The molecular weight excluding hydrogens is 210 g/mol. The molecule has 1 aliphatic heterocycles. The van der Waals surface area contributed by atoms with Crippen molar-refractivity contribution >= 4 is 12.0 Å². The Morgan fingerprint density at radius 1 is 1.50 bits per heavy atom. The summed E-state index contributed by atoms with van der Waals surface area (Å²) in [4.78, 5) is 23.2. The number of amides is 2. The summed E-state index contributed by atoms with van der Waals surface area (Å²) in [6.45, 7) is 6.40. The lowest BCUT2D eigenvalue weighted by Gasteiger charge is -2.30. The second-order valence-corrected chi connectivity index (χ2v) is 4.66. The lowest BCUT2D eigenvalue weighted by Crippen LogP contribution is -2.47. The van der Waals surface area contributed by atoms with Gasteiger partial charge in [-0.3, -0.25) is 4.79 Å².